The van der Waals surface area contributed by atoms with Gasteiger partial charge in [-0.15, -0.1) is 0 Å². The van der Waals surface area contributed by atoms with E-state index in [4.69, 9.17) is 9.47 Å². The molecule has 1 saturated carbocycles. The fraction of sp³-hybridized carbons (Fsp3) is 0.500. The van der Waals surface area contributed by atoms with E-state index in [-0.39, 0.29) is 12.7 Å². The highest BCUT2D eigenvalue weighted by atomic mass is 16.7. The van der Waals surface area contributed by atoms with Crippen LogP contribution in [-0.4, -0.2) is 31.8 Å². The summed E-state index contributed by atoms with van der Waals surface area (Å²) in [4.78, 5) is 11.9. The molecule has 2 N–H and O–H groups in total. The summed E-state index contributed by atoms with van der Waals surface area (Å²) in [6, 6.07) is 5.97. The standard InChI is InChI=1S/C14H18N2O3/c17-14(16-7-1-6-15-11-3-4-11)10-2-5-12-13(8-10)19-9-18-12/h2,5,8,11,15H,1,3-4,6-7,9H2,(H,16,17). The number of hydrogen-bond donors (Lipinski definition) is 2. The van der Waals surface area contributed by atoms with Crippen molar-refractivity contribution >= 4 is 5.91 Å². The van der Waals surface area contributed by atoms with E-state index in [2.05, 4.69) is 10.6 Å². The minimum atomic E-state index is -0.0651. The average molecular weight is 262 g/mol. The molecule has 1 amide bonds. The maximum absolute atomic E-state index is 11.9. The van der Waals surface area contributed by atoms with Gasteiger partial charge in [-0.3, -0.25) is 4.79 Å². The van der Waals surface area contributed by atoms with Crippen molar-refractivity contribution in [1.82, 2.24) is 10.6 Å². The van der Waals surface area contributed by atoms with Gasteiger partial charge in [-0.25, -0.2) is 0 Å². The Morgan fingerprint density at radius 2 is 2.05 bits per heavy atom. The first-order valence-corrected chi connectivity index (χ1v) is 6.74. The van der Waals surface area contributed by atoms with Gasteiger partial charge in [-0.1, -0.05) is 0 Å². The number of hydrogen-bond acceptors (Lipinski definition) is 4. The summed E-state index contributed by atoms with van der Waals surface area (Å²) in [5.74, 6) is 1.28. The fourth-order valence-corrected chi connectivity index (χ4v) is 2.02. The number of benzene rings is 1. The maximum atomic E-state index is 11.9. The molecule has 0 radical (unpaired) electrons. The van der Waals surface area contributed by atoms with Crippen LogP contribution in [0.15, 0.2) is 18.2 Å². The second kappa shape index (κ2) is 5.48. The van der Waals surface area contributed by atoms with E-state index in [0.717, 1.165) is 19.0 Å². The molecule has 0 unspecified atom stereocenters. The summed E-state index contributed by atoms with van der Waals surface area (Å²) in [6.45, 7) is 1.88. The molecule has 1 aliphatic heterocycles. The van der Waals surface area contributed by atoms with Crippen LogP contribution >= 0.6 is 0 Å². The zero-order valence-electron chi connectivity index (χ0n) is 10.8. The highest BCUT2D eigenvalue weighted by Crippen LogP contribution is 2.32. The highest BCUT2D eigenvalue weighted by molar-refractivity contribution is 5.94. The maximum Gasteiger partial charge on any atom is 0.251 e. The van der Waals surface area contributed by atoms with E-state index in [0.29, 0.717) is 23.6 Å². The minimum Gasteiger partial charge on any atom is -0.454 e. The van der Waals surface area contributed by atoms with Gasteiger partial charge >= 0.3 is 0 Å². The van der Waals surface area contributed by atoms with E-state index >= 15 is 0 Å². The zero-order chi connectivity index (χ0) is 13.1. The molecule has 19 heavy (non-hydrogen) atoms. The van der Waals surface area contributed by atoms with Crippen molar-refractivity contribution in [3.63, 3.8) is 0 Å². The number of nitrogens with one attached hydrogen (secondary N) is 2. The van der Waals surface area contributed by atoms with Crippen LogP contribution in [-0.2, 0) is 0 Å². The van der Waals surface area contributed by atoms with E-state index in [1.54, 1.807) is 18.2 Å². The Morgan fingerprint density at radius 1 is 1.21 bits per heavy atom. The summed E-state index contributed by atoms with van der Waals surface area (Å²) in [6.07, 6.45) is 3.54. The van der Waals surface area contributed by atoms with E-state index in [1.807, 2.05) is 0 Å². The van der Waals surface area contributed by atoms with Gasteiger partial charge in [0.05, 0.1) is 0 Å². The van der Waals surface area contributed by atoms with Crippen LogP contribution in [0.25, 0.3) is 0 Å². The molecule has 102 valence electrons. The van der Waals surface area contributed by atoms with Gasteiger partial charge in [-0.2, -0.15) is 0 Å². The molecule has 1 aliphatic carbocycles. The van der Waals surface area contributed by atoms with Crippen molar-refractivity contribution in [3.05, 3.63) is 23.8 Å². The van der Waals surface area contributed by atoms with E-state index < -0.39 is 0 Å². The van der Waals surface area contributed by atoms with Gasteiger partial charge in [0.25, 0.3) is 5.91 Å². The summed E-state index contributed by atoms with van der Waals surface area (Å²) in [7, 11) is 0. The highest BCUT2D eigenvalue weighted by Gasteiger charge is 2.19. The summed E-state index contributed by atoms with van der Waals surface area (Å²) in [5.41, 5.74) is 0.611. The third kappa shape index (κ3) is 3.17. The smallest absolute Gasteiger partial charge is 0.251 e. The Bertz CT molecular complexity index is 472. The molecule has 5 heteroatoms. The van der Waals surface area contributed by atoms with Crippen LogP contribution < -0.4 is 20.1 Å². The van der Waals surface area contributed by atoms with Crippen LogP contribution in [0.3, 0.4) is 0 Å². The number of amides is 1. The molecular weight excluding hydrogens is 244 g/mol. The summed E-state index contributed by atoms with van der Waals surface area (Å²) >= 11 is 0. The van der Waals surface area contributed by atoms with Crippen molar-refractivity contribution in [2.45, 2.75) is 25.3 Å². The molecule has 1 heterocycles. The molecule has 1 aromatic carbocycles. The topological polar surface area (TPSA) is 59.6 Å². The Morgan fingerprint density at radius 3 is 2.89 bits per heavy atom. The lowest BCUT2D eigenvalue weighted by molar-refractivity contribution is 0.0953. The Kier molecular flexibility index (Phi) is 3.55. The molecule has 0 aromatic heterocycles. The molecule has 1 aromatic rings. The molecule has 0 bridgehead atoms. The predicted octanol–water partition coefficient (Wildman–Crippen LogP) is 1.29. The van der Waals surface area contributed by atoms with Gasteiger partial charge in [-0.05, 0) is 44.0 Å². The van der Waals surface area contributed by atoms with Gasteiger partial charge in [0.1, 0.15) is 0 Å². The molecular formula is C14H18N2O3. The van der Waals surface area contributed by atoms with Gasteiger partial charge < -0.3 is 20.1 Å². The Hall–Kier alpha value is -1.75. The Balaban J connectivity index is 1.44. The SMILES string of the molecule is O=C(NCCCNC1CC1)c1ccc2c(c1)OCO2. The molecule has 2 aliphatic rings. The normalized spacial score (nSPS) is 16.4. The van der Waals surface area contributed by atoms with Crippen LogP contribution in [0, 0.1) is 0 Å². The lowest BCUT2D eigenvalue weighted by Gasteiger charge is -2.06. The second-order valence-electron chi connectivity index (χ2n) is 4.91. The summed E-state index contributed by atoms with van der Waals surface area (Å²) < 4.78 is 10.5. The number of carbonyl (C=O) groups is 1. The van der Waals surface area contributed by atoms with Gasteiger partial charge in [0, 0.05) is 18.2 Å². The van der Waals surface area contributed by atoms with E-state index in [9.17, 15) is 4.79 Å². The predicted molar refractivity (Wildman–Crippen MR) is 70.5 cm³/mol. The average Bonchev–Trinajstić information content (AvgIpc) is 3.13. The van der Waals surface area contributed by atoms with Crippen LogP contribution in [0.5, 0.6) is 11.5 Å². The first kappa shape index (κ1) is 12.3. The second-order valence-corrected chi connectivity index (χ2v) is 4.91. The van der Waals surface area contributed by atoms with Crippen LogP contribution in [0.4, 0.5) is 0 Å². The van der Waals surface area contributed by atoms with Gasteiger partial charge in [0.2, 0.25) is 6.79 Å². The largest absolute Gasteiger partial charge is 0.454 e. The lowest BCUT2D eigenvalue weighted by Crippen LogP contribution is -2.27. The summed E-state index contributed by atoms with van der Waals surface area (Å²) in [5, 5.41) is 6.33. The quantitative estimate of drug-likeness (QED) is 0.758. The molecule has 3 rings (SSSR count). The molecule has 5 nitrogen and oxygen atoms in total. The third-order valence-corrected chi connectivity index (χ3v) is 3.28. The van der Waals surface area contributed by atoms with E-state index in [1.165, 1.54) is 12.8 Å². The van der Waals surface area contributed by atoms with Crippen molar-refractivity contribution in [2.75, 3.05) is 19.9 Å². The first-order chi connectivity index (χ1) is 9.33. The van der Waals surface area contributed by atoms with Crippen molar-refractivity contribution in [2.24, 2.45) is 0 Å². The lowest BCUT2D eigenvalue weighted by atomic mass is 10.2. The zero-order valence-corrected chi connectivity index (χ0v) is 10.8. The number of rotatable bonds is 6. The fourth-order valence-electron chi connectivity index (χ4n) is 2.02. The van der Waals surface area contributed by atoms with Crippen molar-refractivity contribution < 1.29 is 14.3 Å². The van der Waals surface area contributed by atoms with Crippen molar-refractivity contribution in [1.29, 1.82) is 0 Å². The van der Waals surface area contributed by atoms with Crippen LogP contribution in [0.1, 0.15) is 29.6 Å². The minimum absolute atomic E-state index is 0.0651. The molecule has 1 fully saturated rings. The number of ether oxygens (including phenoxy) is 2. The van der Waals surface area contributed by atoms with Crippen LogP contribution in [0.2, 0.25) is 0 Å². The molecule has 0 spiro atoms. The molecule has 0 saturated heterocycles. The molecule has 0 atom stereocenters. The monoisotopic (exact) mass is 262 g/mol. The Labute approximate surface area is 112 Å². The van der Waals surface area contributed by atoms with Gasteiger partial charge in [0.15, 0.2) is 11.5 Å². The first-order valence-electron chi connectivity index (χ1n) is 6.74. The number of fused-ring (bicyclic) bond motifs is 1. The van der Waals surface area contributed by atoms with Crippen molar-refractivity contribution in [3.8, 4) is 11.5 Å². The number of carbonyl (C=O) groups excluding carboxylic acids is 1. The third-order valence-electron chi connectivity index (χ3n) is 3.28.